The SMILES string of the molecule is O=C(Nc1ccn(/C(F)=C/C(F)(F)F)c(=O)n1)c1ccccc1.O=C(Nc1ccn(/C(F)=C/C(F)(F)F)c(=O)n1)c1ccccc1.O=C(Nc1ccn(/C(F)=C/C(F)(F)F)c(=O)n1)c1ccccc1.O=C(Nc1ccn(/C(F)=C/C(F)(F)F)c(=O)n1)c1ccccc1. The van der Waals surface area contributed by atoms with Gasteiger partial charge in [-0.3, -0.25) is 19.2 Å². The highest BCUT2D eigenvalue weighted by Gasteiger charge is 2.29. The molecule has 20 nitrogen and oxygen atoms in total. The van der Waals surface area contributed by atoms with Crippen LogP contribution in [0.15, 0.2) is 214 Å². The largest absolute Gasteiger partial charge is 0.414 e. The Balaban J connectivity index is 0.000000223. The first-order valence-corrected chi connectivity index (χ1v) is 24.7. The summed E-state index contributed by atoms with van der Waals surface area (Å²) in [6.07, 6.45) is -19.4. The predicted molar refractivity (Wildman–Crippen MR) is 297 cm³/mol. The lowest BCUT2D eigenvalue weighted by molar-refractivity contribution is -0.0811. The van der Waals surface area contributed by atoms with Gasteiger partial charge in [0.25, 0.3) is 23.6 Å². The minimum absolute atomic E-state index is 0.0751. The molecule has 4 amide bonds. The Kier molecular flexibility index (Phi) is 24.1. The van der Waals surface area contributed by atoms with Crippen LogP contribution in [0.2, 0.25) is 0 Å². The number of halogens is 16. The molecule has 0 aliphatic carbocycles. The highest BCUT2D eigenvalue weighted by atomic mass is 19.4. The number of alkyl halides is 12. The average Bonchev–Trinajstić information content (AvgIpc) is 0.968. The molecular formula is C56H36F16N12O8. The minimum Gasteiger partial charge on any atom is -0.306 e. The number of anilines is 4. The van der Waals surface area contributed by atoms with Crippen molar-refractivity contribution in [2.24, 2.45) is 0 Å². The first kappa shape index (κ1) is 70.9. The van der Waals surface area contributed by atoms with E-state index in [4.69, 9.17) is 0 Å². The fourth-order valence-corrected chi connectivity index (χ4v) is 6.47. The van der Waals surface area contributed by atoms with Gasteiger partial charge in [-0.1, -0.05) is 72.8 Å². The number of nitrogens with one attached hydrogen (secondary N) is 4. The molecule has 36 heteroatoms. The number of benzene rings is 4. The number of rotatable bonds is 12. The summed E-state index contributed by atoms with van der Waals surface area (Å²) < 4.78 is 198. The van der Waals surface area contributed by atoms with Crippen LogP contribution in [0.25, 0.3) is 23.8 Å². The second-order valence-electron chi connectivity index (χ2n) is 17.2. The molecule has 0 aliphatic rings. The first-order chi connectivity index (χ1) is 43.0. The Bertz CT molecular complexity index is 3740. The summed E-state index contributed by atoms with van der Waals surface area (Å²) >= 11 is 0. The fourth-order valence-electron chi connectivity index (χ4n) is 6.47. The van der Waals surface area contributed by atoms with Gasteiger partial charge in [0.05, 0.1) is 24.3 Å². The lowest BCUT2D eigenvalue weighted by Crippen LogP contribution is -2.24. The van der Waals surface area contributed by atoms with E-state index in [2.05, 4.69) is 41.2 Å². The van der Waals surface area contributed by atoms with Crippen molar-refractivity contribution in [2.45, 2.75) is 24.7 Å². The van der Waals surface area contributed by atoms with E-state index < -0.39 is 119 Å². The Morgan fingerprint density at radius 1 is 0.293 bits per heavy atom. The standard InChI is InChI=1S/4C14H9F4N3O2/c4*15-10(8-14(16,17)18)21-7-6-11(20-13(21)23)19-12(22)9-4-2-1-3-5-9/h4*1-8H,(H,19,20,22,23)/b4*10-8+. The van der Waals surface area contributed by atoms with E-state index >= 15 is 0 Å². The number of carbonyl (C=O) groups is 4. The minimum atomic E-state index is -4.91. The lowest BCUT2D eigenvalue weighted by atomic mass is 10.2. The molecule has 8 aromatic rings. The maximum Gasteiger partial charge on any atom is 0.414 e. The Labute approximate surface area is 502 Å². The summed E-state index contributed by atoms with van der Waals surface area (Å²) in [6.45, 7) is 0. The smallest absolute Gasteiger partial charge is 0.306 e. The summed E-state index contributed by atoms with van der Waals surface area (Å²) in [6, 6.07) is 35.9. The van der Waals surface area contributed by atoms with E-state index in [9.17, 15) is 109 Å². The topological polar surface area (TPSA) is 256 Å². The van der Waals surface area contributed by atoms with Crippen LogP contribution in [0.1, 0.15) is 41.4 Å². The number of amides is 4. The molecule has 0 fully saturated rings. The number of allylic oxidation sites excluding steroid dienone is 4. The maximum atomic E-state index is 13.3. The number of hydrogen-bond acceptors (Lipinski definition) is 12. The zero-order valence-electron chi connectivity index (χ0n) is 45.4. The van der Waals surface area contributed by atoms with Crippen molar-refractivity contribution in [3.8, 4) is 0 Å². The summed E-state index contributed by atoms with van der Waals surface area (Å²) in [5.41, 5.74) is -4.02. The van der Waals surface area contributed by atoms with Gasteiger partial charge in [0.2, 0.25) is 23.8 Å². The van der Waals surface area contributed by atoms with Crippen LogP contribution in [0.3, 0.4) is 0 Å². The molecule has 4 N–H and O–H groups in total. The zero-order chi connectivity index (χ0) is 68.1. The molecule has 0 spiro atoms. The maximum absolute atomic E-state index is 13.3. The van der Waals surface area contributed by atoms with Crippen LogP contribution in [0.4, 0.5) is 93.5 Å². The van der Waals surface area contributed by atoms with Crippen molar-refractivity contribution in [1.82, 2.24) is 38.2 Å². The Hall–Kier alpha value is -11.9. The predicted octanol–water partition coefficient (Wildman–Crippen LogP) is 11.3. The molecule has 4 aromatic heterocycles. The number of aromatic nitrogens is 8. The molecule has 0 unspecified atom stereocenters. The first-order valence-electron chi connectivity index (χ1n) is 24.7. The van der Waals surface area contributed by atoms with Gasteiger partial charge in [0, 0.05) is 47.0 Å². The highest BCUT2D eigenvalue weighted by molar-refractivity contribution is 6.05. The summed E-state index contributed by atoms with van der Waals surface area (Å²) in [7, 11) is 0. The normalized spacial score (nSPS) is 12.1. The third kappa shape index (κ3) is 23.7. The van der Waals surface area contributed by atoms with Crippen LogP contribution in [0, 0.1) is 0 Å². The molecule has 0 saturated carbocycles. The van der Waals surface area contributed by atoms with Crippen molar-refractivity contribution in [3.63, 3.8) is 0 Å². The van der Waals surface area contributed by atoms with Crippen LogP contribution < -0.4 is 44.0 Å². The Morgan fingerprint density at radius 2 is 0.457 bits per heavy atom. The van der Waals surface area contributed by atoms with E-state index in [1.165, 1.54) is 48.5 Å². The van der Waals surface area contributed by atoms with Crippen molar-refractivity contribution in [2.75, 3.05) is 21.3 Å². The third-order valence-corrected chi connectivity index (χ3v) is 10.4. The molecule has 0 atom stereocenters. The molecule has 8 rings (SSSR count). The van der Waals surface area contributed by atoms with E-state index in [1.54, 1.807) is 72.8 Å². The van der Waals surface area contributed by atoms with Crippen LogP contribution in [-0.2, 0) is 0 Å². The number of carbonyl (C=O) groups excluding carboxylic acids is 4. The van der Waals surface area contributed by atoms with Gasteiger partial charge in [0.15, 0.2) is 0 Å². The lowest BCUT2D eigenvalue weighted by Gasteiger charge is -2.07. The fraction of sp³-hybridized carbons (Fsp3) is 0.0714. The molecule has 0 saturated heterocycles. The van der Waals surface area contributed by atoms with Gasteiger partial charge in [-0.2, -0.15) is 90.2 Å². The molecule has 480 valence electrons. The third-order valence-electron chi connectivity index (χ3n) is 10.4. The van der Waals surface area contributed by atoms with Gasteiger partial charge in [-0.25, -0.2) is 37.4 Å². The molecule has 0 aliphatic heterocycles. The second kappa shape index (κ2) is 31.3. The van der Waals surface area contributed by atoms with Crippen molar-refractivity contribution in [1.29, 1.82) is 0 Å². The van der Waals surface area contributed by atoms with E-state index in [0.717, 1.165) is 49.1 Å². The molecule has 4 heterocycles. The molecule has 0 radical (unpaired) electrons. The van der Waals surface area contributed by atoms with Gasteiger partial charge >= 0.3 is 47.5 Å². The van der Waals surface area contributed by atoms with Crippen molar-refractivity contribution >= 4 is 70.7 Å². The quantitative estimate of drug-likeness (QED) is 0.0833. The van der Waals surface area contributed by atoms with Gasteiger partial charge < -0.3 is 21.3 Å². The molecule has 0 bridgehead atoms. The summed E-state index contributed by atoms with van der Waals surface area (Å²) in [5, 5.41) is 9.14. The van der Waals surface area contributed by atoms with Gasteiger partial charge in [0.1, 0.15) is 23.3 Å². The van der Waals surface area contributed by atoms with E-state index in [-0.39, 0.29) is 41.5 Å². The van der Waals surface area contributed by atoms with Gasteiger partial charge in [-0.15, -0.1) is 0 Å². The molecule has 4 aromatic carbocycles. The van der Waals surface area contributed by atoms with E-state index in [1.807, 2.05) is 0 Å². The molecular weight excluding hydrogens is 1270 g/mol. The zero-order valence-corrected chi connectivity index (χ0v) is 45.4. The monoisotopic (exact) mass is 1310 g/mol. The van der Waals surface area contributed by atoms with Crippen LogP contribution in [0.5, 0.6) is 0 Å². The number of nitrogens with zero attached hydrogens (tertiary/aromatic N) is 8. The van der Waals surface area contributed by atoms with Gasteiger partial charge in [-0.05, 0) is 72.8 Å². The van der Waals surface area contributed by atoms with E-state index in [0.29, 0.717) is 22.3 Å². The van der Waals surface area contributed by atoms with Crippen molar-refractivity contribution in [3.05, 3.63) is 259 Å². The highest BCUT2D eigenvalue weighted by Crippen LogP contribution is 2.24. The molecule has 92 heavy (non-hydrogen) atoms. The summed E-state index contributed by atoms with van der Waals surface area (Å²) in [4.78, 5) is 107. The number of hydrogen-bond donors (Lipinski definition) is 4. The average molecular weight is 1310 g/mol. The van der Waals surface area contributed by atoms with Crippen LogP contribution in [-0.4, -0.2) is 86.5 Å². The Morgan fingerprint density at radius 3 is 0.598 bits per heavy atom. The second-order valence-corrected chi connectivity index (χ2v) is 17.2. The van der Waals surface area contributed by atoms with Crippen LogP contribution >= 0.6 is 0 Å². The van der Waals surface area contributed by atoms with Crippen molar-refractivity contribution < 1.29 is 89.4 Å². The summed E-state index contributed by atoms with van der Waals surface area (Å²) in [5.74, 6) is -10.4.